The molecule has 2 N–H and O–H groups in total. The molecule has 2 heterocycles. The lowest BCUT2D eigenvalue weighted by Gasteiger charge is -2.17. The van der Waals surface area contributed by atoms with E-state index in [1.165, 1.54) is 0 Å². The van der Waals surface area contributed by atoms with Gasteiger partial charge in [0.1, 0.15) is 5.82 Å². The number of aromatic nitrogens is 2. The minimum Gasteiger partial charge on any atom is -0.383 e. The summed E-state index contributed by atoms with van der Waals surface area (Å²) in [6, 6.07) is 8.61. The normalized spacial score (nSPS) is 17.2. The summed E-state index contributed by atoms with van der Waals surface area (Å²) in [7, 11) is 5.78. The Kier molecular flexibility index (Phi) is 7.73. The zero-order valence-corrected chi connectivity index (χ0v) is 18.9. The van der Waals surface area contributed by atoms with Crippen molar-refractivity contribution < 1.29 is 0 Å². The van der Waals surface area contributed by atoms with Crippen LogP contribution >= 0.6 is 0 Å². The zero-order valence-electron chi connectivity index (χ0n) is 18.9. The largest absolute Gasteiger partial charge is 0.383 e. The summed E-state index contributed by atoms with van der Waals surface area (Å²) < 4.78 is 0. The van der Waals surface area contributed by atoms with Gasteiger partial charge in [0.05, 0.1) is 0 Å². The molecule has 1 aromatic heterocycles. The average Bonchev–Trinajstić information content (AvgIpc) is 3.29. The van der Waals surface area contributed by atoms with E-state index >= 15 is 0 Å². The highest BCUT2D eigenvalue weighted by Gasteiger charge is 2.18. The maximum atomic E-state index is 4.94. The van der Waals surface area contributed by atoms with Gasteiger partial charge in [-0.2, -0.15) is 0 Å². The van der Waals surface area contributed by atoms with Crippen LogP contribution in [0.1, 0.15) is 24.5 Å². The van der Waals surface area contributed by atoms with Crippen LogP contribution in [0, 0.1) is 0 Å². The number of nitrogens with zero attached hydrogens (tertiary/aromatic N) is 4. The van der Waals surface area contributed by atoms with Crippen molar-refractivity contribution in [1.29, 1.82) is 0 Å². The Morgan fingerprint density at radius 3 is 2.81 bits per heavy atom. The minimum absolute atomic E-state index is 0.347. The number of nitrogens with one attached hydrogen (secondary N) is 2. The van der Waals surface area contributed by atoms with Crippen LogP contribution in [0.2, 0.25) is 0 Å². The predicted octanol–water partition coefficient (Wildman–Crippen LogP) is 4.11. The summed E-state index contributed by atoms with van der Waals surface area (Å²) in [5, 5.41) is 7.02. The highest BCUT2D eigenvalue weighted by molar-refractivity contribution is 6.11. The number of hydrogen-bond donors (Lipinski definition) is 2. The molecule has 2 aromatic rings. The second kappa shape index (κ2) is 10.7. The number of anilines is 1. The summed E-state index contributed by atoms with van der Waals surface area (Å²) in [5.41, 5.74) is 5.05. The molecule has 0 saturated carbocycles. The molecule has 1 atom stereocenters. The summed E-state index contributed by atoms with van der Waals surface area (Å²) in [6.07, 6.45) is 10.8. The molecule has 1 aliphatic heterocycles. The molecule has 6 nitrogen and oxygen atoms in total. The maximum Gasteiger partial charge on any atom is 0.161 e. The Bertz CT molecular complexity index is 997. The second-order valence-electron chi connectivity index (χ2n) is 7.75. The fraction of sp³-hybridized carbons (Fsp3) is 0.320. The molecular formula is C25H32N6. The van der Waals surface area contributed by atoms with Crippen LogP contribution < -0.4 is 10.6 Å². The van der Waals surface area contributed by atoms with Gasteiger partial charge in [-0.05, 0) is 37.1 Å². The molecule has 1 fully saturated rings. The topological polar surface area (TPSA) is 65.4 Å². The molecule has 0 spiro atoms. The van der Waals surface area contributed by atoms with Crippen molar-refractivity contribution in [2.24, 2.45) is 4.99 Å². The molecule has 1 aliphatic rings. The fourth-order valence-electron chi connectivity index (χ4n) is 3.61. The van der Waals surface area contributed by atoms with Crippen molar-refractivity contribution >= 4 is 23.2 Å². The van der Waals surface area contributed by atoms with E-state index < -0.39 is 0 Å². The standard InChI is InChI=1S/C25H32N6/c1-6-18(14-26-3)23-16-28-24(30-25(23)29-22-11-12-27-15-22)21-10-8-9-20(13-21)19(7-2)17-31(4)5/h6-10,13-14,16-17,22,27H,2,11-12,15H2,1,3-5H3,(H,28,29,30)/b18-6+,19-17+,26-14?. The minimum atomic E-state index is 0.347. The Morgan fingerprint density at radius 1 is 1.32 bits per heavy atom. The van der Waals surface area contributed by atoms with Crippen molar-refractivity contribution in [2.45, 2.75) is 19.4 Å². The van der Waals surface area contributed by atoms with Crippen molar-refractivity contribution in [1.82, 2.24) is 20.2 Å². The third kappa shape index (κ3) is 5.67. The molecule has 31 heavy (non-hydrogen) atoms. The third-order valence-electron chi connectivity index (χ3n) is 5.15. The third-order valence-corrected chi connectivity index (χ3v) is 5.15. The monoisotopic (exact) mass is 416 g/mol. The Balaban J connectivity index is 2.04. The lowest BCUT2D eigenvalue weighted by molar-refractivity contribution is 0.566. The summed E-state index contributed by atoms with van der Waals surface area (Å²) >= 11 is 0. The summed E-state index contributed by atoms with van der Waals surface area (Å²) in [5.74, 6) is 1.53. The van der Waals surface area contributed by atoms with Crippen molar-refractivity contribution in [3.8, 4) is 11.4 Å². The van der Waals surface area contributed by atoms with Gasteiger partial charge in [-0.25, -0.2) is 9.97 Å². The van der Waals surface area contributed by atoms with Crippen LogP contribution in [0.4, 0.5) is 5.82 Å². The molecule has 0 aliphatic carbocycles. The van der Waals surface area contributed by atoms with Crippen LogP contribution in [-0.2, 0) is 0 Å². The van der Waals surface area contributed by atoms with E-state index in [2.05, 4.69) is 40.5 Å². The van der Waals surface area contributed by atoms with Gasteiger partial charge in [-0.1, -0.05) is 36.9 Å². The van der Waals surface area contributed by atoms with Gasteiger partial charge in [0, 0.05) is 69.0 Å². The molecular weight excluding hydrogens is 384 g/mol. The first-order chi connectivity index (χ1) is 15.0. The number of benzene rings is 1. The highest BCUT2D eigenvalue weighted by atomic mass is 15.1. The van der Waals surface area contributed by atoms with Crippen LogP contribution in [0.3, 0.4) is 0 Å². The van der Waals surface area contributed by atoms with Crippen molar-refractivity contribution in [2.75, 3.05) is 39.5 Å². The highest BCUT2D eigenvalue weighted by Crippen LogP contribution is 2.27. The SMILES string of the molecule is C=C/C(=C\N(C)C)c1cccc(-c2ncc(/C(C=NC)=C/C)c(NC3CCNC3)n2)c1. The van der Waals surface area contributed by atoms with E-state index in [9.17, 15) is 0 Å². The summed E-state index contributed by atoms with van der Waals surface area (Å²) in [6.45, 7) is 7.91. The molecule has 0 amide bonds. The summed E-state index contributed by atoms with van der Waals surface area (Å²) in [4.78, 5) is 15.8. The maximum absolute atomic E-state index is 4.94. The molecule has 1 saturated heterocycles. The number of hydrogen-bond acceptors (Lipinski definition) is 6. The van der Waals surface area contributed by atoms with E-state index in [-0.39, 0.29) is 0 Å². The van der Waals surface area contributed by atoms with E-state index in [4.69, 9.17) is 9.97 Å². The zero-order chi connectivity index (χ0) is 22.2. The van der Waals surface area contributed by atoms with Gasteiger partial charge in [-0.15, -0.1) is 0 Å². The van der Waals surface area contributed by atoms with Crippen LogP contribution in [0.5, 0.6) is 0 Å². The lowest BCUT2D eigenvalue weighted by atomic mass is 10.0. The molecule has 1 aromatic carbocycles. The molecule has 1 unspecified atom stereocenters. The quantitative estimate of drug-likeness (QED) is 0.501. The molecule has 6 heteroatoms. The van der Waals surface area contributed by atoms with Gasteiger partial charge in [-0.3, -0.25) is 4.99 Å². The molecule has 162 valence electrons. The molecule has 0 bridgehead atoms. The van der Waals surface area contributed by atoms with E-state index in [1.54, 1.807) is 7.05 Å². The van der Waals surface area contributed by atoms with Crippen LogP contribution in [-0.4, -0.2) is 61.4 Å². The van der Waals surface area contributed by atoms with E-state index in [0.717, 1.165) is 53.2 Å². The van der Waals surface area contributed by atoms with Gasteiger partial charge >= 0.3 is 0 Å². The van der Waals surface area contributed by atoms with E-state index in [1.807, 2.05) is 62.6 Å². The second-order valence-corrected chi connectivity index (χ2v) is 7.75. The van der Waals surface area contributed by atoms with Gasteiger partial charge < -0.3 is 15.5 Å². The first-order valence-electron chi connectivity index (χ1n) is 10.6. The van der Waals surface area contributed by atoms with Gasteiger partial charge in [0.25, 0.3) is 0 Å². The predicted molar refractivity (Wildman–Crippen MR) is 132 cm³/mol. The lowest BCUT2D eigenvalue weighted by Crippen LogP contribution is -2.23. The molecule has 3 rings (SSSR count). The Morgan fingerprint density at radius 2 is 2.16 bits per heavy atom. The smallest absolute Gasteiger partial charge is 0.161 e. The Hall–Kier alpha value is -3.25. The van der Waals surface area contributed by atoms with Crippen molar-refractivity contribution in [3.05, 3.63) is 66.5 Å². The number of rotatable bonds is 8. The molecule has 0 radical (unpaired) electrons. The van der Waals surface area contributed by atoms with Crippen molar-refractivity contribution in [3.63, 3.8) is 0 Å². The fourth-order valence-corrected chi connectivity index (χ4v) is 3.61. The van der Waals surface area contributed by atoms with Gasteiger partial charge in [0.2, 0.25) is 0 Å². The van der Waals surface area contributed by atoms with Crippen LogP contribution in [0.15, 0.2) is 60.4 Å². The van der Waals surface area contributed by atoms with E-state index in [0.29, 0.717) is 11.9 Å². The number of aliphatic imine (C=N–C) groups is 1. The Labute approximate surface area is 185 Å². The van der Waals surface area contributed by atoms with Gasteiger partial charge in [0.15, 0.2) is 5.82 Å². The first kappa shape index (κ1) is 22.4. The average molecular weight is 417 g/mol. The number of allylic oxidation sites excluding steroid dienone is 4. The first-order valence-corrected chi connectivity index (χ1v) is 10.6. The van der Waals surface area contributed by atoms with Crippen LogP contribution in [0.25, 0.3) is 22.5 Å².